The van der Waals surface area contributed by atoms with Crippen molar-refractivity contribution in [3.8, 4) is 39.5 Å². The third-order valence-electron chi connectivity index (χ3n) is 9.13. The van der Waals surface area contributed by atoms with E-state index in [1.165, 1.54) is 49.2 Å². The van der Waals surface area contributed by atoms with E-state index in [0.29, 0.717) is 5.95 Å². The van der Waals surface area contributed by atoms with E-state index in [0.717, 1.165) is 38.6 Å². The SMILES string of the molecule is c1ccc(-c2nc(-n3c4cccc5c4c4c6c(cccc6ccc43)-c3ccccc3-5)nc3c2ccc2ccccc23)cc1. The minimum Gasteiger partial charge on any atom is -0.278 e. The first-order valence-corrected chi connectivity index (χ1v) is 14.7. The molecule has 0 radical (unpaired) electrons. The van der Waals surface area contributed by atoms with Crippen LogP contribution in [0, 0.1) is 0 Å². The molecule has 2 heterocycles. The number of fused-ring (bicyclic) bond motifs is 6. The maximum absolute atomic E-state index is 5.38. The van der Waals surface area contributed by atoms with Crippen LogP contribution in [0.25, 0.3) is 93.7 Å². The van der Waals surface area contributed by atoms with Gasteiger partial charge in [0.1, 0.15) is 0 Å². The Balaban J connectivity index is 1.42. The van der Waals surface area contributed by atoms with Crippen LogP contribution in [0.1, 0.15) is 0 Å². The van der Waals surface area contributed by atoms with Crippen molar-refractivity contribution in [1.82, 2.24) is 14.5 Å². The normalized spacial score (nSPS) is 12.2. The van der Waals surface area contributed by atoms with Crippen molar-refractivity contribution in [3.63, 3.8) is 0 Å². The lowest BCUT2D eigenvalue weighted by Crippen LogP contribution is -2.04. The third kappa shape index (κ3) is 3.03. The van der Waals surface area contributed by atoms with Crippen LogP contribution in [-0.4, -0.2) is 14.5 Å². The van der Waals surface area contributed by atoms with Gasteiger partial charge in [0, 0.05) is 27.1 Å². The molecule has 3 nitrogen and oxygen atoms in total. The highest BCUT2D eigenvalue weighted by atomic mass is 15.2. The Morgan fingerprint density at radius 3 is 1.91 bits per heavy atom. The molecule has 9 aromatic rings. The minimum absolute atomic E-state index is 0.686. The van der Waals surface area contributed by atoms with E-state index in [1.807, 2.05) is 0 Å². The molecule has 7 aromatic carbocycles. The molecular weight excluding hydrogens is 522 g/mol. The van der Waals surface area contributed by atoms with Gasteiger partial charge in [-0.15, -0.1) is 0 Å². The quantitative estimate of drug-likeness (QED) is 0.202. The summed E-state index contributed by atoms with van der Waals surface area (Å²) >= 11 is 0. The van der Waals surface area contributed by atoms with Crippen LogP contribution in [0.5, 0.6) is 0 Å². The second-order valence-electron chi connectivity index (χ2n) is 11.4. The zero-order valence-corrected chi connectivity index (χ0v) is 23.1. The fraction of sp³-hybridized carbons (Fsp3) is 0. The molecule has 0 unspecified atom stereocenters. The molecule has 0 N–H and O–H groups in total. The molecule has 198 valence electrons. The highest BCUT2D eigenvalue weighted by molar-refractivity contribution is 6.30. The summed E-state index contributed by atoms with van der Waals surface area (Å²) in [5, 5.41) is 8.40. The first-order chi connectivity index (χ1) is 21.3. The maximum atomic E-state index is 5.38. The summed E-state index contributed by atoms with van der Waals surface area (Å²) in [5.41, 5.74) is 10.3. The number of hydrogen-bond acceptors (Lipinski definition) is 2. The van der Waals surface area contributed by atoms with Gasteiger partial charge in [-0.25, -0.2) is 9.97 Å². The molecular formula is C40H23N3. The van der Waals surface area contributed by atoms with Crippen molar-refractivity contribution in [2.45, 2.75) is 0 Å². The molecule has 0 fully saturated rings. The van der Waals surface area contributed by atoms with E-state index >= 15 is 0 Å². The second kappa shape index (κ2) is 8.37. The van der Waals surface area contributed by atoms with Crippen molar-refractivity contribution in [2.75, 3.05) is 0 Å². The lowest BCUT2D eigenvalue weighted by atomic mass is 9.93. The van der Waals surface area contributed by atoms with E-state index < -0.39 is 0 Å². The number of hydrogen-bond donors (Lipinski definition) is 0. The minimum atomic E-state index is 0.686. The molecule has 0 aliphatic heterocycles. The van der Waals surface area contributed by atoms with Crippen molar-refractivity contribution < 1.29 is 0 Å². The van der Waals surface area contributed by atoms with Gasteiger partial charge in [-0.05, 0) is 56.6 Å². The van der Waals surface area contributed by atoms with Gasteiger partial charge in [-0.3, -0.25) is 4.57 Å². The van der Waals surface area contributed by atoms with Crippen LogP contribution >= 0.6 is 0 Å². The summed E-state index contributed by atoms with van der Waals surface area (Å²) in [7, 11) is 0. The van der Waals surface area contributed by atoms with Gasteiger partial charge in [0.15, 0.2) is 0 Å². The average Bonchev–Trinajstić information content (AvgIpc) is 3.36. The van der Waals surface area contributed by atoms with Gasteiger partial charge < -0.3 is 0 Å². The van der Waals surface area contributed by atoms with E-state index in [9.17, 15) is 0 Å². The van der Waals surface area contributed by atoms with Gasteiger partial charge in [0.25, 0.3) is 0 Å². The number of rotatable bonds is 2. The molecule has 43 heavy (non-hydrogen) atoms. The van der Waals surface area contributed by atoms with Crippen LogP contribution in [0.3, 0.4) is 0 Å². The topological polar surface area (TPSA) is 30.7 Å². The number of nitrogens with zero attached hydrogens (tertiary/aromatic N) is 3. The molecule has 10 rings (SSSR count). The van der Waals surface area contributed by atoms with Gasteiger partial charge >= 0.3 is 0 Å². The van der Waals surface area contributed by atoms with Crippen molar-refractivity contribution in [1.29, 1.82) is 0 Å². The standard InChI is InChI=1S/C40H23N3/c1-2-11-26(12-3-1)38-32-22-20-24-10-4-5-14-27(24)39(32)42-40(41-38)43-33-19-9-18-31-29-16-7-6-15-28(29)30-17-8-13-25-21-23-34(43)37(35(25)30)36(31)33/h1-23H. The van der Waals surface area contributed by atoms with Crippen LogP contribution in [-0.2, 0) is 0 Å². The third-order valence-corrected chi connectivity index (χ3v) is 9.13. The Labute approximate surface area is 247 Å². The van der Waals surface area contributed by atoms with Crippen molar-refractivity contribution in [3.05, 3.63) is 140 Å². The monoisotopic (exact) mass is 545 g/mol. The Bertz CT molecular complexity index is 2610. The van der Waals surface area contributed by atoms with Crippen LogP contribution in [0.2, 0.25) is 0 Å². The van der Waals surface area contributed by atoms with Gasteiger partial charge in [-0.1, -0.05) is 121 Å². The average molecular weight is 546 g/mol. The smallest absolute Gasteiger partial charge is 0.235 e. The Kier molecular flexibility index (Phi) is 4.45. The largest absolute Gasteiger partial charge is 0.278 e. The molecule has 0 atom stereocenters. The fourth-order valence-electron chi connectivity index (χ4n) is 7.31. The summed E-state index contributed by atoms with van der Waals surface area (Å²) in [6, 6.07) is 50.0. The Morgan fingerprint density at radius 2 is 1.05 bits per heavy atom. The molecule has 0 spiro atoms. The summed E-state index contributed by atoms with van der Waals surface area (Å²) in [5.74, 6) is 0.686. The molecule has 0 amide bonds. The maximum Gasteiger partial charge on any atom is 0.235 e. The molecule has 3 heteroatoms. The van der Waals surface area contributed by atoms with E-state index in [-0.39, 0.29) is 0 Å². The molecule has 1 aliphatic rings. The predicted octanol–water partition coefficient (Wildman–Crippen LogP) is 10.3. The number of benzene rings is 7. The summed E-state index contributed by atoms with van der Waals surface area (Å²) in [4.78, 5) is 10.7. The van der Waals surface area contributed by atoms with Crippen LogP contribution < -0.4 is 0 Å². The van der Waals surface area contributed by atoms with E-state index in [1.54, 1.807) is 0 Å². The van der Waals surface area contributed by atoms with E-state index in [2.05, 4.69) is 144 Å². The van der Waals surface area contributed by atoms with Crippen LogP contribution in [0.4, 0.5) is 0 Å². The highest BCUT2D eigenvalue weighted by Crippen LogP contribution is 2.49. The first-order valence-electron chi connectivity index (χ1n) is 14.7. The Hall–Kier alpha value is -5.80. The molecule has 0 saturated carbocycles. The molecule has 1 aliphatic carbocycles. The second-order valence-corrected chi connectivity index (χ2v) is 11.4. The molecule has 2 aromatic heterocycles. The van der Waals surface area contributed by atoms with Gasteiger partial charge in [-0.2, -0.15) is 0 Å². The zero-order valence-electron chi connectivity index (χ0n) is 23.1. The lowest BCUT2D eigenvalue weighted by Gasteiger charge is -2.15. The number of aromatic nitrogens is 3. The first kappa shape index (κ1) is 22.8. The zero-order chi connectivity index (χ0) is 28.1. The summed E-state index contributed by atoms with van der Waals surface area (Å²) < 4.78 is 2.28. The van der Waals surface area contributed by atoms with Gasteiger partial charge in [0.05, 0.1) is 22.2 Å². The molecule has 0 bridgehead atoms. The van der Waals surface area contributed by atoms with Gasteiger partial charge in [0.2, 0.25) is 5.95 Å². The molecule has 0 saturated heterocycles. The van der Waals surface area contributed by atoms with Crippen LogP contribution in [0.15, 0.2) is 140 Å². The Morgan fingerprint density at radius 1 is 0.395 bits per heavy atom. The van der Waals surface area contributed by atoms with E-state index in [4.69, 9.17) is 9.97 Å². The fourth-order valence-corrected chi connectivity index (χ4v) is 7.31. The highest BCUT2D eigenvalue weighted by Gasteiger charge is 2.25. The summed E-state index contributed by atoms with van der Waals surface area (Å²) in [6.45, 7) is 0. The van der Waals surface area contributed by atoms with Crippen molar-refractivity contribution in [2.24, 2.45) is 0 Å². The van der Waals surface area contributed by atoms with Crippen molar-refractivity contribution >= 4 is 54.3 Å². The lowest BCUT2D eigenvalue weighted by molar-refractivity contribution is 1.02. The summed E-state index contributed by atoms with van der Waals surface area (Å²) in [6.07, 6.45) is 0. The predicted molar refractivity (Wildman–Crippen MR) is 179 cm³/mol.